The van der Waals surface area contributed by atoms with Crippen molar-refractivity contribution in [3.8, 4) is 5.75 Å². The van der Waals surface area contributed by atoms with Crippen LogP contribution in [0.4, 0.5) is 0 Å². The summed E-state index contributed by atoms with van der Waals surface area (Å²) in [6.45, 7) is 4.32. The van der Waals surface area contributed by atoms with Crippen molar-refractivity contribution in [1.82, 2.24) is 10.2 Å². The lowest BCUT2D eigenvalue weighted by molar-refractivity contribution is 0.281. The maximum absolute atomic E-state index is 5.72. The molecule has 0 fully saturated rings. The van der Waals surface area contributed by atoms with Gasteiger partial charge in [0.15, 0.2) is 5.96 Å². The lowest BCUT2D eigenvalue weighted by atomic mass is 10.3. The number of ether oxygens (including phenoxy) is 1. The van der Waals surface area contributed by atoms with E-state index < -0.39 is 0 Å². The fourth-order valence-corrected chi connectivity index (χ4v) is 2.88. The van der Waals surface area contributed by atoms with Gasteiger partial charge in [0.1, 0.15) is 12.4 Å². The fraction of sp³-hybridized carbons (Fsp3) is 0.353. The molecule has 2 aromatic rings. The third kappa shape index (κ3) is 5.07. The Morgan fingerprint density at radius 2 is 2.00 bits per heavy atom. The summed E-state index contributed by atoms with van der Waals surface area (Å²) >= 11 is 1.81. The third-order valence-electron chi connectivity index (χ3n) is 3.23. The normalized spacial score (nSPS) is 11.3. The summed E-state index contributed by atoms with van der Waals surface area (Å²) in [5, 5.41) is 3.38. The first-order chi connectivity index (χ1) is 10.7. The molecule has 0 aliphatic carbocycles. The van der Waals surface area contributed by atoms with Gasteiger partial charge in [0.05, 0.1) is 13.1 Å². The monoisotopic (exact) mass is 317 g/mol. The zero-order valence-electron chi connectivity index (χ0n) is 13.4. The topological polar surface area (TPSA) is 36.9 Å². The molecule has 0 aliphatic heterocycles. The van der Waals surface area contributed by atoms with Gasteiger partial charge in [0, 0.05) is 23.8 Å². The number of hydrogen-bond acceptors (Lipinski definition) is 3. The highest BCUT2D eigenvalue weighted by Crippen LogP contribution is 2.14. The Labute approximate surface area is 136 Å². The summed E-state index contributed by atoms with van der Waals surface area (Å²) in [4.78, 5) is 9.03. The molecule has 0 bridgehead atoms. The van der Waals surface area contributed by atoms with Gasteiger partial charge in [-0.1, -0.05) is 18.2 Å². The zero-order valence-corrected chi connectivity index (χ0v) is 14.2. The van der Waals surface area contributed by atoms with Crippen LogP contribution in [-0.4, -0.2) is 38.1 Å². The molecule has 0 unspecified atom stereocenters. The van der Waals surface area contributed by atoms with E-state index in [2.05, 4.69) is 34.3 Å². The second kappa shape index (κ2) is 8.44. The second-order valence-electron chi connectivity index (χ2n) is 5.00. The second-order valence-corrected chi connectivity index (χ2v) is 6.37. The van der Waals surface area contributed by atoms with Crippen molar-refractivity contribution in [2.75, 3.05) is 27.2 Å². The molecule has 0 aliphatic rings. The molecule has 0 amide bonds. The number of rotatable bonds is 6. The van der Waals surface area contributed by atoms with E-state index in [0.29, 0.717) is 6.61 Å². The Balaban J connectivity index is 1.75. The van der Waals surface area contributed by atoms with Crippen LogP contribution < -0.4 is 10.1 Å². The van der Waals surface area contributed by atoms with Crippen molar-refractivity contribution in [3.63, 3.8) is 0 Å². The predicted molar refractivity (Wildman–Crippen MR) is 93.8 cm³/mol. The van der Waals surface area contributed by atoms with Gasteiger partial charge in [-0.2, -0.15) is 0 Å². The van der Waals surface area contributed by atoms with E-state index in [0.717, 1.165) is 24.8 Å². The fourth-order valence-electron chi connectivity index (χ4n) is 2.05. The predicted octanol–water partition coefficient (Wildman–Crippen LogP) is 3.14. The van der Waals surface area contributed by atoms with Gasteiger partial charge in [0.25, 0.3) is 0 Å². The van der Waals surface area contributed by atoms with Crippen molar-refractivity contribution >= 4 is 17.3 Å². The van der Waals surface area contributed by atoms with E-state index in [1.807, 2.05) is 37.4 Å². The highest BCUT2D eigenvalue weighted by atomic mass is 32.1. The molecule has 0 atom stereocenters. The van der Waals surface area contributed by atoms with Crippen molar-refractivity contribution in [1.29, 1.82) is 0 Å². The Bertz CT molecular complexity index is 595. The summed E-state index contributed by atoms with van der Waals surface area (Å²) in [5.41, 5.74) is 0. The van der Waals surface area contributed by atoms with E-state index in [9.17, 15) is 0 Å². The molecule has 0 radical (unpaired) electrons. The van der Waals surface area contributed by atoms with Gasteiger partial charge in [-0.25, -0.2) is 0 Å². The minimum absolute atomic E-state index is 0.624. The van der Waals surface area contributed by atoms with Crippen molar-refractivity contribution in [3.05, 3.63) is 52.2 Å². The number of thiophene rings is 1. The van der Waals surface area contributed by atoms with Crippen LogP contribution >= 0.6 is 11.3 Å². The lowest BCUT2D eigenvalue weighted by Crippen LogP contribution is -2.40. The van der Waals surface area contributed by atoms with Crippen LogP contribution in [0.3, 0.4) is 0 Å². The van der Waals surface area contributed by atoms with Gasteiger partial charge in [-0.3, -0.25) is 4.99 Å². The first-order valence-corrected chi connectivity index (χ1v) is 8.15. The van der Waals surface area contributed by atoms with Crippen LogP contribution in [0.25, 0.3) is 0 Å². The molecule has 5 heteroatoms. The van der Waals surface area contributed by atoms with Crippen LogP contribution in [0.2, 0.25) is 0 Å². The van der Waals surface area contributed by atoms with Crippen LogP contribution in [-0.2, 0) is 6.54 Å². The van der Waals surface area contributed by atoms with Crippen LogP contribution in [0.1, 0.15) is 9.75 Å². The van der Waals surface area contributed by atoms with E-state index in [1.54, 1.807) is 18.4 Å². The van der Waals surface area contributed by atoms with Crippen molar-refractivity contribution < 1.29 is 4.74 Å². The smallest absolute Gasteiger partial charge is 0.193 e. The third-order valence-corrected chi connectivity index (χ3v) is 4.23. The Kier molecular flexibility index (Phi) is 6.27. The molecular weight excluding hydrogens is 294 g/mol. The molecule has 0 spiro atoms. The van der Waals surface area contributed by atoms with Gasteiger partial charge in [0.2, 0.25) is 0 Å². The van der Waals surface area contributed by atoms with Crippen molar-refractivity contribution in [2.24, 2.45) is 4.99 Å². The molecular formula is C17H23N3OS. The van der Waals surface area contributed by atoms with Gasteiger partial charge in [-0.05, 0) is 31.2 Å². The van der Waals surface area contributed by atoms with Crippen LogP contribution in [0.15, 0.2) is 47.5 Å². The molecule has 1 N–H and O–H groups in total. The number of likely N-dealkylation sites (N-methyl/N-ethyl adjacent to an activating group) is 1. The molecule has 1 aromatic heterocycles. The van der Waals surface area contributed by atoms with E-state index in [4.69, 9.17) is 4.74 Å². The highest BCUT2D eigenvalue weighted by molar-refractivity contribution is 7.11. The van der Waals surface area contributed by atoms with Gasteiger partial charge >= 0.3 is 0 Å². The quantitative estimate of drug-likeness (QED) is 0.657. The first kappa shape index (κ1) is 16.4. The molecule has 2 rings (SSSR count). The Morgan fingerprint density at radius 3 is 2.64 bits per heavy atom. The summed E-state index contributed by atoms with van der Waals surface area (Å²) in [6, 6.07) is 14.2. The van der Waals surface area contributed by atoms with Crippen LogP contribution in [0, 0.1) is 6.92 Å². The molecule has 0 saturated heterocycles. The number of aryl methyl sites for hydroxylation is 1. The maximum atomic E-state index is 5.72. The Morgan fingerprint density at radius 1 is 1.23 bits per heavy atom. The zero-order chi connectivity index (χ0) is 15.8. The summed E-state index contributed by atoms with van der Waals surface area (Å²) in [6.07, 6.45) is 0. The number of para-hydroxylation sites is 1. The summed E-state index contributed by atoms with van der Waals surface area (Å²) < 4.78 is 5.72. The SMILES string of the molecule is CN=C(NCc1ccc(C)s1)N(C)CCOc1ccccc1. The van der Waals surface area contributed by atoms with Crippen LogP contribution in [0.5, 0.6) is 5.75 Å². The minimum atomic E-state index is 0.624. The molecule has 1 aromatic carbocycles. The molecule has 22 heavy (non-hydrogen) atoms. The number of guanidine groups is 1. The lowest BCUT2D eigenvalue weighted by Gasteiger charge is -2.22. The van der Waals surface area contributed by atoms with E-state index >= 15 is 0 Å². The molecule has 1 heterocycles. The molecule has 0 saturated carbocycles. The first-order valence-electron chi connectivity index (χ1n) is 7.34. The van der Waals surface area contributed by atoms with Crippen molar-refractivity contribution in [2.45, 2.75) is 13.5 Å². The standard InChI is InChI=1S/C17H23N3OS/c1-14-9-10-16(22-14)13-19-17(18-2)20(3)11-12-21-15-7-5-4-6-8-15/h4-10H,11-13H2,1-3H3,(H,18,19). The average Bonchev–Trinajstić information content (AvgIpc) is 2.94. The Hall–Kier alpha value is -2.01. The maximum Gasteiger partial charge on any atom is 0.193 e. The van der Waals surface area contributed by atoms with E-state index in [-0.39, 0.29) is 0 Å². The number of nitrogens with zero attached hydrogens (tertiary/aromatic N) is 2. The highest BCUT2D eigenvalue weighted by Gasteiger charge is 2.06. The van der Waals surface area contributed by atoms with E-state index in [1.165, 1.54) is 9.75 Å². The summed E-state index contributed by atoms with van der Waals surface area (Å²) in [7, 11) is 3.82. The number of nitrogens with one attached hydrogen (secondary N) is 1. The minimum Gasteiger partial charge on any atom is -0.492 e. The average molecular weight is 317 g/mol. The summed E-state index contributed by atoms with van der Waals surface area (Å²) in [5.74, 6) is 1.77. The number of hydrogen-bond donors (Lipinski definition) is 1. The van der Waals surface area contributed by atoms with Gasteiger partial charge in [-0.15, -0.1) is 11.3 Å². The number of aliphatic imine (C=N–C) groups is 1. The number of benzene rings is 1. The van der Waals surface area contributed by atoms with Gasteiger partial charge < -0.3 is 15.0 Å². The largest absolute Gasteiger partial charge is 0.492 e. The molecule has 4 nitrogen and oxygen atoms in total. The molecule has 118 valence electrons.